The summed E-state index contributed by atoms with van der Waals surface area (Å²) < 4.78 is 0. The summed E-state index contributed by atoms with van der Waals surface area (Å²) in [6, 6.07) is 8.33. The van der Waals surface area contributed by atoms with Crippen molar-refractivity contribution in [1.29, 1.82) is 0 Å². The highest BCUT2D eigenvalue weighted by molar-refractivity contribution is 5.69. The molecule has 0 atom stereocenters. The van der Waals surface area contributed by atoms with Gasteiger partial charge in [-0.05, 0) is 19.1 Å². The molecular weight excluding hydrogens is 260 g/mol. The maximum absolute atomic E-state index is 6.07. The van der Waals surface area contributed by atoms with Gasteiger partial charge in [-0.3, -0.25) is 0 Å². The molecule has 1 heterocycles. The standard InChI is InChI=1S/C17H24N4/c1-11-14(12-7-9-13(10-8-12)21(5)6)19-16(17(2,3)4)20-15(11)18/h7-10H,1-6H3,(H2,18,19,20). The number of hydrogen-bond donors (Lipinski definition) is 1. The van der Waals surface area contributed by atoms with Crippen LogP contribution in [0.1, 0.15) is 32.2 Å². The Hall–Kier alpha value is -2.10. The van der Waals surface area contributed by atoms with Gasteiger partial charge < -0.3 is 10.6 Å². The molecule has 0 amide bonds. The molecule has 0 fully saturated rings. The summed E-state index contributed by atoms with van der Waals surface area (Å²) in [6.07, 6.45) is 0. The zero-order valence-corrected chi connectivity index (χ0v) is 13.7. The predicted molar refractivity (Wildman–Crippen MR) is 89.6 cm³/mol. The number of aromatic nitrogens is 2. The molecule has 0 unspecified atom stereocenters. The molecule has 2 rings (SSSR count). The Balaban J connectivity index is 2.55. The molecule has 0 saturated carbocycles. The van der Waals surface area contributed by atoms with E-state index in [9.17, 15) is 0 Å². The first-order chi connectivity index (χ1) is 9.70. The van der Waals surface area contributed by atoms with Gasteiger partial charge in [0.15, 0.2) is 0 Å². The molecule has 1 aromatic carbocycles. The molecule has 0 aliphatic heterocycles. The first-order valence-electron chi connectivity index (χ1n) is 7.12. The van der Waals surface area contributed by atoms with Crippen LogP contribution in [0.15, 0.2) is 24.3 Å². The van der Waals surface area contributed by atoms with Gasteiger partial charge in [0, 0.05) is 36.3 Å². The number of benzene rings is 1. The summed E-state index contributed by atoms with van der Waals surface area (Å²) in [6.45, 7) is 8.25. The average molecular weight is 284 g/mol. The van der Waals surface area contributed by atoms with E-state index in [0.29, 0.717) is 5.82 Å². The Kier molecular flexibility index (Phi) is 3.90. The van der Waals surface area contributed by atoms with E-state index in [4.69, 9.17) is 10.7 Å². The molecule has 0 aliphatic rings. The highest BCUT2D eigenvalue weighted by Gasteiger charge is 2.20. The zero-order valence-electron chi connectivity index (χ0n) is 13.7. The third-order valence-electron chi connectivity index (χ3n) is 3.51. The zero-order chi connectivity index (χ0) is 15.8. The van der Waals surface area contributed by atoms with Crippen molar-refractivity contribution >= 4 is 11.5 Å². The lowest BCUT2D eigenvalue weighted by Crippen LogP contribution is -2.18. The molecule has 21 heavy (non-hydrogen) atoms. The topological polar surface area (TPSA) is 55.0 Å². The summed E-state index contributed by atoms with van der Waals surface area (Å²) in [7, 11) is 4.06. The van der Waals surface area contributed by atoms with E-state index in [1.165, 1.54) is 0 Å². The van der Waals surface area contributed by atoms with E-state index in [2.05, 4.69) is 54.9 Å². The van der Waals surface area contributed by atoms with Crippen LogP contribution >= 0.6 is 0 Å². The van der Waals surface area contributed by atoms with Gasteiger partial charge >= 0.3 is 0 Å². The first-order valence-corrected chi connectivity index (χ1v) is 7.12. The first kappa shape index (κ1) is 15.3. The molecule has 4 nitrogen and oxygen atoms in total. The average Bonchev–Trinajstić information content (AvgIpc) is 2.40. The van der Waals surface area contributed by atoms with Crippen molar-refractivity contribution in [2.75, 3.05) is 24.7 Å². The summed E-state index contributed by atoms with van der Waals surface area (Å²) in [5.41, 5.74) is 10.0. The van der Waals surface area contributed by atoms with Crippen LogP contribution in [0.5, 0.6) is 0 Å². The molecule has 0 bridgehead atoms. The third-order valence-corrected chi connectivity index (χ3v) is 3.51. The molecular formula is C17H24N4. The normalized spacial score (nSPS) is 11.5. The molecule has 0 spiro atoms. The molecule has 0 aliphatic carbocycles. The van der Waals surface area contributed by atoms with Gasteiger partial charge in [-0.1, -0.05) is 32.9 Å². The van der Waals surface area contributed by atoms with Crippen LogP contribution in [0.2, 0.25) is 0 Å². The number of rotatable bonds is 2. The van der Waals surface area contributed by atoms with Crippen LogP contribution in [0, 0.1) is 6.92 Å². The van der Waals surface area contributed by atoms with Gasteiger partial charge in [0.25, 0.3) is 0 Å². The van der Waals surface area contributed by atoms with Gasteiger partial charge in [0.1, 0.15) is 11.6 Å². The Morgan fingerprint density at radius 3 is 2.05 bits per heavy atom. The fraction of sp³-hybridized carbons (Fsp3) is 0.412. The summed E-state index contributed by atoms with van der Waals surface area (Å²) in [5.74, 6) is 1.33. The van der Waals surface area contributed by atoms with Crippen molar-refractivity contribution in [2.45, 2.75) is 33.1 Å². The van der Waals surface area contributed by atoms with E-state index in [0.717, 1.165) is 28.3 Å². The van der Waals surface area contributed by atoms with Crippen LogP contribution in [0.25, 0.3) is 11.3 Å². The summed E-state index contributed by atoms with van der Waals surface area (Å²) >= 11 is 0. The summed E-state index contributed by atoms with van der Waals surface area (Å²) in [4.78, 5) is 11.3. The SMILES string of the molecule is Cc1c(N)nc(C(C)(C)C)nc1-c1ccc(N(C)C)cc1. The lowest BCUT2D eigenvalue weighted by molar-refractivity contribution is 0.546. The molecule has 0 saturated heterocycles. The van der Waals surface area contributed by atoms with Crippen molar-refractivity contribution in [3.8, 4) is 11.3 Å². The molecule has 2 N–H and O–H groups in total. The monoisotopic (exact) mass is 284 g/mol. The smallest absolute Gasteiger partial charge is 0.136 e. The van der Waals surface area contributed by atoms with Crippen molar-refractivity contribution in [2.24, 2.45) is 0 Å². The van der Waals surface area contributed by atoms with Crippen molar-refractivity contribution in [3.63, 3.8) is 0 Å². The van der Waals surface area contributed by atoms with Crippen LogP contribution in [-0.2, 0) is 5.41 Å². The number of nitrogen functional groups attached to an aromatic ring is 1. The second-order valence-electron chi connectivity index (χ2n) is 6.60. The quantitative estimate of drug-likeness (QED) is 0.918. The number of nitrogens with two attached hydrogens (primary N) is 1. The fourth-order valence-corrected chi connectivity index (χ4v) is 2.07. The second kappa shape index (κ2) is 5.35. The van der Waals surface area contributed by atoms with Gasteiger partial charge in [0.2, 0.25) is 0 Å². The lowest BCUT2D eigenvalue weighted by atomic mass is 9.95. The van der Waals surface area contributed by atoms with Crippen molar-refractivity contribution < 1.29 is 0 Å². The Bertz CT molecular complexity index is 637. The van der Waals surface area contributed by atoms with Gasteiger partial charge in [-0.15, -0.1) is 0 Å². The Labute approximate surface area is 127 Å². The van der Waals surface area contributed by atoms with Crippen molar-refractivity contribution in [3.05, 3.63) is 35.7 Å². The minimum Gasteiger partial charge on any atom is -0.383 e. The maximum Gasteiger partial charge on any atom is 0.136 e. The maximum atomic E-state index is 6.07. The highest BCUT2D eigenvalue weighted by Crippen LogP contribution is 2.29. The van der Waals surface area contributed by atoms with E-state index < -0.39 is 0 Å². The molecule has 4 heteroatoms. The van der Waals surface area contributed by atoms with E-state index in [1.54, 1.807) is 0 Å². The van der Waals surface area contributed by atoms with Crippen LogP contribution < -0.4 is 10.6 Å². The summed E-state index contributed by atoms with van der Waals surface area (Å²) in [5, 5.41) is 0. The van der Waals surface area contributed by atoms with E-state index in [1.807, 2.05) is 21.0 Å². The molecule has 112 valence electrons. The largest absolute Gasteiger partial charge is 0.383 e. The van der Waals surface area contributed by atoms with Crippen molar-refractivity contribution in [1.82, 2.24) is 9.97 Å². The minimum atomic E-state index is -0.125. The molecule has 2 aromatic rings. The minimum absolute atomic E-state index is 0.125. The van der Waals surface area contributed by atoms with Crippen LogP contribution in [0.3, 0.4) is 0 Å². The third kappa shape index (κ3) is 3.15. The molecule has 0 radical (unpaired) electrons. The van der Waals surface area contributed by atoms with Gasteiger partial charge in [-0.25, -0.2) is 9.97 Å². The Morgan fingerprint density at radius 2 is 1.57 bits per heavy atom. The Morgan fingerprint density at radius 1 is 1.00 bits per heavy atom. The fourth-order valence-electron chi connectivity index (χ4n) is 2.07. The highest BCUT2D eigenvalue weighted by atomic mass is 15.1. The second-order valence-corrected chi connectivity index (χ2v) is 6.60. The van der Waals surface area contributed by atoms with E-state index >= 15 is 0 Å². The number of nitrogens with zero attached hydrogens (tertiary/aromatic N) is 3. The van der Waals surface area contributed by atoms with Crippen LogP contribution in [-0.4, -0.2) is 24.1 Å². The number of hydrogen-bond acceptors (Lipinski definition) is 4. The lowest BCUT2D eigenvalue weighted by Gasteiger charge is -2.20. The molecule has 1 aromatic heterocycles. The van der Waals surface area contributed by atoms with Gasteiger partial charge in [-0.2, -0.15) is 0 Å². The number of anilines is 2. The van der Waals surface area contributed by atoms with E-state index in [-0.39, 0.29) is 5.41 Å². The van der Waals surface area contributed by atoms with Gasteiger partial charge in [0.05, 0.1) is 5.69 Å². The predicted octanol–water partition coefficient (Wildman–Crippen LogP) is 3.40. The van der Waals surface area contributed by atoms with Crippen LogP contribution in [0.4, 0.5) is 11.5 Å².